The molecule has 1 fully saturated rings. The second-order valence-corrected chi connectivity index (χ2v) is 10.1. The molecule has 0 saturated carbocycles. The van der Waals surface area contributed by atoms with Crippen LogP contribution in [0.1, 0.15) is 63.7 Å². The first-order valence-electron chi connectivity index (χ1n) is 12.1. The van der Waals surface area contributed by atoms with Gasteiger partial charge in [-0.25, -0.2) is 0 Å². The summed E-state index contributed by atoms with van der Waals surface area (Å²) in [5, 5.41) is 2.98. The highest BCUT2D eigenvalue weighted by Crippen LogP contribution is 2.26. The van der Waals surface area contributed by atoms with Gasteiger partial charge in [-0.15, -0.1) is 0 Å². The lowest BCUT2D eigenvalue weighted by Crippen LogP contribution is -2.55. The van der Waals surface area contributed by atoms with E-state index in [0.29, 0.717) is 25.0 Å². The van der Waals surface area contributed by atoms with E-state index >= 15 is 0 Å². The first kappa shape index (κ1) is 25.5. The van der Waals surface area contributed by atoms with Crippen LogP contribution in [0, 0.1) is 5.41 Å². The van der Waals surface area contributed by atoms with Crippen LogP contribution in [0.3, 0.4) is 0 Å². The van der Waals surface area contributed by atoms with E-state index in [1.165, 1.54) is 0 Å². The molecule has 2 aromatic carbocycles. The minimum absolute atomic E-state index is 0.0167. The summed E-state index contributed by atoms with van der Waals surface area (Å²) in [6.45, 7) is 9.21. The number of carbonyl (C=O) groups excluding carboxylic acids is 3. The largest absolute Gasteiger partial charge is 0.494 e. The molecule has 3 rings (SSSR count). The Bertz CT molecular complexity index is 977. The molecular formula is C28H36N2O4. The molecule has 1 heterocycles. The fourth-order valence-electron chi connectivity index (χ4n) is 4.23. The average Bonchev–Trinajstić information content (AvgIpc) is 3.25. The van der Waals surface area contributed by atoms with Crippen molar-refractivity contribution >= 4 is 18.1 Å². The Kier molecular flexibility index (Phi) is 8.48. The van der Waals surface area contributed by atoms with E-state index in [-0.39, 0.29) is 23.3 Å². The predicted molar refractivity (Wildman–Crippen MR) is 134 cm³/mol. The summed E-state index contributed by atoms with van der Waals surface area (Å²) >= 11 is 0. The van der Waals surface area contributed by atoms with Gasteiger partial charge in [-0.2, -0.15) is 0 Å². The van der Waals surface area contributed by atoms with E-state index in [4.69, 9.17) is 4.74 Å². The quantitative estimate of drug-likeness (QED) is 0.424. The van der Waals surface area contributed by atoms with Crippen LogP contribution in [0.2, 0.25) is 0 Å². The van der Waals surface area contributed by atoms with Crippen LogP contribution in [-0.2, 0) is 9.59 Å². The molecule has 34 heavy (non-hydrogen) atoms. The van der Waals surface area contributed by atoms with E-state index in [1.807, 2.05) is 62.1 Å². The zero-order chi connectivity index (χ0) is 24.7. The highest BCUT2D eigenvalue weighted by Gasteiger charge is 2.38. The molecule has 0 bridgehead atoms. The summed E-state index contributed by atoms with van der Waals surface area (Å²) in [5.74, 6) is 0.625. The Morgan fingerprint density at radius 1 is 1.09 bits per heavy atom. The molecule has 0 spiro atoms. The van der Waals surface area contributed by atoms with Crippen molar-refractivity contribution in [1.29, 1.82) is 0 Å². The SMILES string of the molecule is C[C@@H]1CCCN1C(=O)[C@@H](NC(=O)CCCOc1ccc(-c2ccc(C=O)cc2)cc1)C(C)(C)C. The first-order valence-corrected chi connectivity index (χ1v) is 12.1. The fourth-order valence-corrected chi connectivity index (χ4v) is 4.23. The second-order valence-electron chi connectivity index (χ2n) is 10.1. The van der Waals surface area contributed by atoms with Crippen molar-refractivity contribution in [2.75, 3.05) is 13.2 Å². The van der Waals surface area contributed by atoms with Crippen LogP contribution in [-0.4, -0.2) is 48.2 Å². The van der Waals surface area contributed by atoms with Crippen molar-refractivity contribution in [3.8, 4) is 16.9 Å². The number of aldehydes is 1. The number of nitrogens with one attached hydrogen (secondary N) is 1. The monoisotopic (exact) mass is 464 g/mol. The number of hydrogen-bond acceptors (Lipinski definition) is 4. The van der Waals surface area contributed by atoms with Gasteiger partial charge in [0.15, 0.2) is 0 Å². The van der Waals surface area contributed by atoms with Crippen molar-refractivity contribution in [1.82, 2.24) is 10.2 Å². The molecule has 6 nitrogen and oxygen atoms in total. The van der Waals surface area contributed by atoms with Crippen LogP contribution < -0.4 is 10.1 Å². The van der Waals surface area contributed by atoms with Gasteiger partial charge in [-0.05, 0) is 54.9 Å². The number of benzene rings is 2. The van der Waals surface area contributed by atoms with Crippen LogP contribution in [0.4, 0.5) is 0 Å². The smallest absolute Gasteiger partial charge is 0.245 e. The topological polar surface area (TPSA) is 75.7 Å². The van der Waals surface area contributed by atoms with Crippen LogP contribution in [0.5, 0.6) is 5.75 Å². The van der Waals surface area contributed by atoms with Crippen LogP contribution in [0.25, 0.3) is 11.1 Å². The lowest BCUT2D eigenvalue weighted by molar-refractivity contribution is -0.140. The third kappa shape index (κ3) is 6.69. The van der Waals surface area contributed by atoms with E-state index in [2.05, 4.69) is 12.2 Å². The van der Waals surface area contributed by atoms with Crippen molar-refractivity contribution in [3.63, 3.8) is 0 Å². The Morgan fingerprint density at radius 2 is 1.71 bits per heavy atom. The van der Waals surface area contributed by atoms with Gasteiger partial charge < -0.3 is 15.0 Å². The number of hydrogen-bond donors (Lipinski definition) is 1. The summed E-state index contributed by atoms with van der Waals surface area (Å²) in [5.41, 5.74) is 2.35. The lowest BCUT2D eigenvalue weighted by Gasteiger charge is -2.35. The summed E-state index contributed by atoms with van der Waals surface area (Å²) in [4.78, 5) is 38.4. The molecule has 2 amide bonds. The third-order valence-corrected chi connectivity index (χ3v) is 6.31. The average molecular weight is 465 g/mol. The molecule has 1 aliphatic rings. The summed E-state index contributed by atoms with van der Waals surface area (Å²) in [6, 6.07) is 14.8. The molecule has 0 radical (unpaired) electrons. The van der Waals surface area contributed by atoms with E-state index in [9.17, 15) is 14.4 Å². The van der Waals surface area contributed by atoms with Crippen molar-refractivity contribution in [2.24, 2.45) is 5.41 Å². The maximum atomic E-state index is 13.1. The third-order valence-electron chi connectivity index (χ3n) is 6.31. The van der Waals surface area contributed by atoms with Gasteiger partial charge >= 0.3 is 0 Å². The van der Waals surface area contributed by atoms with Crippen molar-refractivity contribution in [2.45, 2.75) is 65.5 Å². The summed E-state index contributed by atoms with van der Waals surface area (Å²) in [7, 11) is 0. The van der Waals surface area contributed by atoms with Gasteiger partial charge in [0.2, 0.25) is 11.8 Å². The van der Waals surface area contributed by atoms with Crippen molar-refractivity contribution in [3.05, 3.63) is 54.1 Å². The maximum Gasteiger partial charge on any atom is 0.245 e. The number of carbonyl (C=O) groups is 3. The molecule has 0 aromatic heterocycles. The molecular weight excluding hydrogens is 428 g/mol. The standard InChI is InChI=1S/C28H36N2O4/c1-20-7-5-17-30(20)27(33)26(28(2,3)4)29-25(32)8-6-18-34-24-15-13-23(14-16-24)22-11-9-21(19-31)10-12-22/h9-16,19-20,26H,5-8,17-18H2,1-4H3,(H,29,32)/t20-,26-/m1/s1. The Hall–Kier alpha value is -3.15. The Morgan fingerprint density at radius 3 is 2.24 bits per heavy atom. The minimum Gasteiger partial charge on any atom is -0.494 e. The molecule has 6 heteroatoms. The molecule has 182 valence electrons. The van der Waals surface area contributed by atoms with E-state index in [1.54, 1.807) is 12.1 Å². The van der Waals surface area contributed by atoms with E-state index in [0.717, 1.165) is 42.5 Å². The van der Waals surface area contributed by atoms with Gasteiger partial charge in [0.25, 0.3) is 0 Å². The second kappa shape index (κ2) is 11.3. The normalized spacial score (nSPS) is 16.7. The highest BCUT2D eigenvalue weighted by atomic mass is 16.5. The first-order chi connectivity index (χ1) is 16.2. The molecule has 1 saturated heterocycles. The number of nitrogens with zero attached hydrogens (tertiary/aromatic N) is 1. The molecule has 1 aliphatic heterocycles. The fraction of sp³-hybridized carbons (Fsp3) is 0.464. The molecule has 2 aromatic rings. The van der Waals surface area contributed by atoms with Gasteiger partial charge in [-0.1, -0.05) is 57.2 Å². The Balaban J connectivity index is 1.46. The minimum atomic E-state index is -0.533. The summed E-state index contributed by atoms with van der Waals surface area (Å²) < 4.78 is 5.80. The predicted octanol–water partition coefficient (Wildman–Crippen LogP) is 4.87. The zero-order valence-electron chi connectivity index (χ0n) is 20.7. The number of ether oxygens (including phenoxy) is 1. The summed E-state index contributed by atoms with van der Waals surface area (Å²) in [6.07, 6.45) is 3.72. The molecule has 2 atom stereocenters. The van der Waals surface area contributed by atoms with Gasteiger partial charge in [0.05, 0.1) is 6.61 Å². The number of amides is 2. The lowest BCUT2D eigenvalue weighted by atomic mass is 9.85. The van der Waals surface area contributed by atoms with Crippen molar-refractivity contribution < 1.29 is 19.1 Å². The number of rotatable bonds is 9. The highest BCUT2D eigenvalue weighted by molar-refractivity contribution is 5.88. The molecule has 0 aliphatic carbocycles. The van der Waals surface area contributed by atoms with Gasteiger partial charge in [0.1, 0.15) is 18.1 Å². The zero-order valence-corrected chi connectivity index (χ0v) is 20.7. The van der Waals surface area contributed by atoms with Crippen LogP contribution in [0.15, 0.2) is 48.5 Å². The Labute approximate surface area is 202 Å². The van der Waals surface area contributed by atoms with E-state index < -0.39 is 6.04 Å². The molecule has 1 N–H and O–H groups in total. The van der Waals surface area contributed by atoms with Gasteiger partial charge in [-0.3, -0.25) is 14.4 Å². The van der Waals surface area contributed by atoms with Crippen LogP contribution >= 0.6 is 0 Å². The number of likely N-dealkylation sites (tertiary alicyclic amines) is 1. The maximum absolute atomic E-state index is 13.1. The molecule has 0 unspecified atom stereocenters. The van der Waals surface area contributed by atoms with Gasteiger partial charge in [0, 0.05) is 24.6 Å².